The number of amides is 1. The molecule has 0 spiro atoms. The third-order valence-electron chi connectivity index (χ3n) is 3.72. The molecule has 0 atom stereocenters. The van der Waals surface area contributed by atoms with Crippen LogP contribution in [0.4, 0.5) is 5.69 Å². The van der Waals surface area contributed by atoms with Crippen LogP contribution in [0.5, 0.6) is 5.95 Å². The summed E-state index contributed by atoms with van der Waals surface area (Å²) in [7, 11) is 0. The largest absolute Gasteiger partial charge is 0.538 e. The normalized spacial score (nSPS) is 10.6. The second-order valence-electron chi connectivity index (χ2n) is 5.69. The van der Waals surface area contributed by atoms with E-state index in [4.69, 9.17) is 4.52 Å². The number of para-hydroxylation sites is 1. The first kappa shape index (κ1) is 18.7. The Hall–Kier alpha value is -3.13. The van der Waals surface area contributed by atoms with Crippen LogP contribution in [-0.2, 0) is 4.79 Å². The molecule has 8 heteroatoms. The van der Waals surface area contributed by atoms with Gasteiger partial charge in [0.1, 0.15) is 0 Å². The molecular weight excluding hydrogens is 366 g/mol. The number of hydrogen-bond acceptors (Lipinski definition) is 6. The number of benzene rings is 2. The average molecular weight is 383 g/mol. The summed E-state index contributed by atoms with van der Waals surface area (Å²) in [4.78, 5) is 23.3. The van der Waals surface area contributed by atoms with Gasteiger partial charge >= 0.3 is 0 Å². The first-order chi connectivity index (χ1) is 13.0. The van der Waals surface area contributed by atoms with Crippen molar-refractivity contribution in [2.24, 2.45) is 0 Å². The van der Waals surface area contributed by atoms with Gasteiger partial charge in [0.15, 0.2) is 11.7 Å². The maximum absolute atomic E-state index is 12.1. The molecule has 0 saturated heterocycles. The molecule has 3 aromatic rings. The Kier molecular flexibility index (Phi) is 5.87. The minimum absolute atomic E-state index is 0.0295. The van der Waals surface area contributed by atoms with Crippen LogP contribution >= 0.6 is 11.8 Å². The van der Waals surface area contributed by atoms with E-state index in [1.807, 2.05) is 30.3 Å². The Morgan fingerprint density at radius 2 is 1.85 bits per heavy atom. The molecule has 0 aliphatic rings. The van der Waals surface area contributed by atoms with E-state index < -0.39 is 5.95 Å². The summed E-state index contributed by atoms with van der Waals surface area (Å²) in [6.07, 6.45) is 0.207. The number of ketones is 1. The molecule has 1 amide bonds. The van der Waals surface area contributed by atoms with Crippen LogP contribution in [0.15, 0.2) is 64.1 Å². The second kappa shape index (κ2) is 8.50. The van der Waals surface area contributed by atoms with Crippen LogP contribution < -0.4 is 15.1 Å². The summed E-state index contributed by atoms with van der Waals surface area (Å²) >= 11 is 1.21. The highest BCUT2D eigenvalue weighted by molar-refractivity contribution is 7.99. The fraction of sp³-hybridized carbons (Fsp3) is 0.158. The van der Waals surface area contributed by atoms with E-state index in [9.17, 15) is 14.7 Å². The standard InChI is InChI=1S/C19H17N3O4S/c1-13(23)14-7-9-15(10-8-14)20-17(24)11-12-27-18-19(25)26-21-22(18)16-5-3-2-4-6-16/h2-10H,11-12H2,1H3,(H-,20,21,23,24,25). The van der Waals surface area contributed by atoms with Gasteiger partial charge in [0.2, 0.25) is 11.6 Å². The van der Waals surface area contributed by atoms with Crippen molar-refractivity contribution in [2.75, 3.05) is 11.1 Å². The van der Waals surface area contributed by atoms with E-state index in [-0.39, 0.29) is 18.1 Å². The molecule has 0 aliphatic carbocycles. The molecule has 0 unspecified atom stereocenters. The Morgan fingerprint density at radius 1 is 1.15 bits per heavy atom. The molecule has 3 rings (SSSR count). The van der Waals surface area contributed by atoms with Crippen LogP contribution in [0.3, 0.4) is 0 Å². The monoisotopic (exact) mass is 383 g/mol. The summed E-state index contributed by atoms with van der Waals surface area (Å²) in [6.45, 7) is 1.49. The van der Waals surface area contributed by atoms with Crippen LogP contribution in [0.1, 0.15) is 23.7 Å². The number of Topliss-reactive ketones (excluding diaryl/α,β-unsaturated/α-hetero) is 1. The van der Waals surface area contributed by atoms with Gasteiger partial charge in [-0.3, -0.25) is 9.59 Å². The van der Waals surface area contributed by atoms with Gasteiger partial charge in [0, 0.05) is 35.6 Å². The quantitative estimate of drug-likeness (QED) is 0.382. The minimum atomic E-state index is -0.538. The molecule has 0 radical (unpaired) electrons. The molecule has 0 bridgehead atoms. The van der Waals surface area contributed by atoms with Gasteiger partial charge in [-0.2, -0.15) is 0 Å². The van der Waals surface area contributed by atoms with Gasteiger partial charge in [-0.1, -0.05) is 30.0 Å². The predicted molar refractivity (Wildman–Crippen MR) is 97.9 cm³/mol. The van der Waals surface area contributed by atoms with Crippen LogP contribution in [0, 0.1) is 0 Å². The number of hydrogen-bond donors (Lipinski definition) is 1. The molecule has 27 heavy (non-hydrogen) atoms. The zero-order valence-corrected chi connectivity index (χ0v) is 15.4. The Morgan fingerprint density at radius 3 is 2.52 bits per heavy atom. The van der Waals surface area contributed by atoms with Gasteiger partial charge in [-0.15, -0.1) is 0 Å². The van der Waals surface area contributed by atoms with E-state index >= 15 is 0 Å². The predicted octanol–water partition coefficient (Wildman–Crippen LogP) is 2.35. The van der Waals surface area contributed by atoms with Crippen molar-refractivity contribution in [1.82, 2.24) is 5.27 Å². The van der Waals surface area contributed by atoms with E-state index in [1.165, 1.54) is 23.4 Å². The van der Waals surface area contributed by atoms with Crippen molar-refractivity contribution >= 4 is 29.1 Å². The fourth-order valence-corrected chi connectivity index (χ4v) is 3.24. The van der Waals surface area contributed by atoms with Crippen molar-refractivity contribution in [3.63, 3.8) is 0 Å². The zero-order chi connectivity index (χ0) is 19.2. The van der Waals surface area contributed by atoms with Crippen molar-refractivity contribution in [3.05, 3.63) is 60.2 Å². The Balaban J connectivity index is 1.56. The minimum Gasteiger partial charge on any atom is -0.538 e. The number of rotatable bonds is 7. The lowest BCUT2D eigenvalue weighted by Gasteiger charge is -2.05. The topological polar surface area (TPSA) is 99.1 Å². The number of carbonyl (C=O) groups excluding carboxylic acids is 2. The highest BCUT2D eigenvalue weighted by Crippen LogP contribution is 2.24. The maximum atomic E-state index is 12.1. The SMILES string of the molecule is CC(=O)c1ccc(NC(=O)CCSc2c([O-])on[n+]2-c2ccccc2)cc1. The number of carbonyl (C=O) groups is 2. The lowest BCUT2D eigenvalue weighted by molar-refractivity contribution is -0.705. The summed E-state index contributed by atoms with van der Waals surface area (Å²) in [6, 6.07) is 15.8. The Bertz CT molecular complexity index is 939. The van der Waals surface area contributed by atoms with E-state index in [0.29, 0.717) is 27.7 Å². The third-order valence-corrected chi connectivity index (χ3v) is 4.74. The van der Waals surface area contributed by atoms with Crippen molar-refractivity contribution in [3.8, 4) is 11.6 Å². The molecule has 0 saturated carbocycles. The molecule has 2 aromatic carbocycles. The van der Waals surface area contributed by atoms with Gasteiger partial charge in [0.05, 0.1) is 5.27 Å². The molecular formula is C19H17N3O4S. The van der Waals surface area contributed by atoms with Crippen LogP contribution in [0.2, 0.25) is 0 Å². The number of nitrogens with zero attached hydrogens (tertiary/aromatic N) is 2. The number of nitrogens with one attached hydrogen (secondary N) is 1. The molecule has 7 nitrogen and oxygen atoms in total. The number of anilines is 1. The first-order valence-electron chi connectivity index (χ1n) is 8.22. The fourth-order valence-electron chi connectivity index (χ4n) is 2.35. The molecule has 1 N–H and O–H groups in total. The van der Waals surface area contributed by atoms with Gasteiger partial charge in [0.25, 0.3) is 5.03 Å². The average Bonchev–Trinajstić information content (AvgIpc) is 3.03. The van der Waals surface area contributed by atoms with Crippen molar-refractivity contribution < 1.29 is 23.9 Å². The van der Waals surface area contributed by atoms with Crippen LogP contribution in [0.25, 0.3) is 5.69 Å². The highest BCUT2D eigenvalue weighted by atomic mass is 32.2. The summed E-state index contributed by atoms with van der Waals surface area (Å²) in [5.74, 6) is -0.365. The van der Waals surface area contributed by atoms with E-state index in [0.717, 1.165) is 0 Å². The number of aromatic nitrogens is 2. The van der Waals surface area contributed by atoms with Gasteiger partial charge < -0.3 is 14.9 Å². The molecule has 1 heterocycles. The maximum Gasteiger partial charge on any atom is 0.297 e. The smallest absolute Gasteiger partial charge is 0.297 e. The van der Waals surface area contributed by atoms with Crippen LogP contribution in [-0.4, -0.2) is 22.7 Å². The molecule has 0 aliphatic heterocycles. The Labute approximate surface area is 160 Å². The zero-order valence-electron chi connectivity index (χ0n) is 14.5. The van der Waals surface area contributed by atoms with E-state index in [2.05, 4.69) is 10.6 Å². The summed E-state index contributed by atoms with van der Waals surface area (Å²) < 4.78 is 6.16. The van der Waals surface area contributed by atoms with Crippen molar-refractivity contribution in [2.45, 2.75) is 18.4 Å². The van der Waals surface area contributed by atoms with Crippen molar-refractivity contribution in [1.29, 1.82) is 0 Å². The summed E-state index contributed by atoms with van der Waals surface area (Å²) in [5.41, 5.74) is 1.91. The molecule has 138 valence electrons. The van der Waals surface area contributed by atoms with E-state index in [1.54, 1.807) is 24.3 Å². The molecule has 1 aromatic heterocycles. The third kappa shape index (κ3) is 4.73. The summed E-state index contributed by atoms with van der Waals surface area (Å²) in [5, 5.41) is 18.7. The lowest BCUT2D eigenvalue weighted by Crippen LogP contribution is -2.34. The first-order valence-corrected chi connectivity index (χ1v) is 9.21. The van der Waals surface area contributed by atoms with Gasteiger partial charge in [-0.25, -0.2) is 0 Å². The number of thioether (sulfide) groups is 1. The lowest BCUT2D eigenvalue weighted by atomic mass is 10.1. The molecule has 0 fully saturated rings. The van der Waals surface area contributed by atoms with Gasteiger partial charge in [-0.05, 0) is 35.9 Å². The highest BCUT2D eigenvalue weighted by Gasteiger charge is 2.20. The second-order valence-corrected chi connectivity index (χ2v) is 6.78.